The number of nitrogens with zero attached hydrogens (tertiary/aromatic N) is 4. The molecule has 0 unspecified atom stereocenters. The molecule has 1 N–H and O–H groups in total. The molecular formula is C19H20ClN5O. The maximum atomic E-state index is 12.9. The molecule has 0 fully saturated rings. The summed E-state index contributed by atoms with van der Waals surface area (Å²) < 4.78 is 1.65. The zero-order valence-electron chi connectivity index (χ0n) is 14.8. The zero-order chi connectivity index (χ0) is 18.3. The van der Waals surface area contributed by atoms with E-state index in [1.54, 1.807) is 11.7 Å². The van der Waals surface area contributed by atoms with Gasteiger partial charge in [-0.15, -0.1) is 0 Å². The molecule has 0 bridgehead atoms. The molecule has 0 aliphatic carbocycles. The van der Waals surface area contributed by atoms with Crippen LogP contribution >= 0.6 is 11.6 Å². The number of halogens is 1. The number of fused-ring (bicyclic) bond motifs is 1. The lowest BCUT2D eigenvalue weighted by molar-refractivity contribution is 0.0722. The van der Waals surface area contributed by atoms with Crippen LogP contribution in [0.25, 0.3) is 0 Å². The molecule has 1 amide bonds. The van der Waals surface area contributed by atoms with Crippen molar-refractivity contribution < 1.29 is 4.79 Å². The van der Waals surface area contributed by atoms with E-state index >= 15 is 0 Å². The number of aromatic amines is 1. The Morgan fingerprint density at radius 2 is 2.08 bits per heavy atom. The second kappa shape index (κ2) is 6.61. The van der Waals surface area contributed by atoms with Gasteiger partial charge in [0.1, 0.15) is 5.69 Å². The molecular weight excluding hydrogens is 350 g/mol. The molecule has 2 aromatic heterocycles. The molecule has 0 spiro atoms. The first-order chi connectivity index (χ1) is 12.5. The van der Waals surface area contributed by atoms with Crippen molar-refractivity contribution >= 4 is 17.5 Å². The lowest BCUT2D eigenvalue weighted by atomic mass is 10.0. The second-order valence-corrected chi connectivity index (χ2v) is 7.14. The van der Waals surface area contributed by atoms with Crippen LogP contribution in [0.1, 0.15) is 38.7 Å². The molecule has 1 aliphatic rings. The smallest absolute Gasteiger partial charge is 0.272 e. The molecule has 1 aliphatic heterocycles. The van der Waals surface area contributed by atoms with Crippen LogP contribution in [0.5, 0.6) is 0 Å². The highest BCUT2D eigenvalue weighted by Gasteiger charge is 2.27. The molecule has 134 valence electrons. The minimum atomic E-state index is 0.0115. The Bertz CT molecular complexity index is 957. The molecule has 7 heteroatoms. The molecule has 3 aromatic rings. The minimum absolute atomic E-state index is 0.0115. The number of carbonyl (C=O) groups excluding carboxylic acids is 1. The maximum absolute atomic E-state index is 12.9. The van der Waals surface area contributed by atoms with Crippen molar-refractivity contribution in [3.8, 4) is 0 Å². The van der Waals surface area contributed by atoms with E-state index in [4.69, 9.17) is 11.6 Å². The number of aromatic nitrogens is 4. The fourth-order valence-electron chi connectivity index (χ4n) is 3.44. The van der Waals surface area contributed by atoms with E-state index in [0.717, 1.165) is 46.1 Å². The number of aryl methyl sites for hydroxylation is 2. The third kappa shape index (κ3) is 3.12. The molecule has 26 heavy (non-hydrogen) atoms. The maximum Gasteiger partial charge on any atom is 0.272 e. The van der Waals surface area contributed by atoms with E-state index < -0.39 is 0 Å². The van der Waals surface area contributed by atoms with Gasteiger partial charge in [-0.2, -0.15) is 10.2 Å². The monoisotopic (exact) mass is 369 g/mol. The number of H-pyrrole nitrogens is 1. The van der Waals surface area contributed by atoms with Crippen LogP contribution in [-0.4, -0.2) is 37.3 Å². The number of nitrogens with one attached hydrogen (secondary N) is 1. The molecule has 3 heterocycles. The topological polar surface area (TPSA) is 66.8 Å². The molecule has 0 radical (unpaired) electrons. The van der Waals surface area contributed by atoms with Gasteiger partial charge in [-0.25, -0.2) is 0 Å². The Hall–Kier alpha value is -2.60. The van der Waals surface area contributed by atoms with Gasteiger partial charge >= 0.3 is 0 Å². The summed E-state index contributed by atoms with van der Waals surface area (Å²) in [7, 11) is 1.80. The molecule has 4 rings (SSSR count). The van der Waals surface area contributed by atoms with Crippen LogP contribution in [0.4, 0.5) is 0 Å². The quantitative estimate of drug-likeness (QED) is 0.772. The third-order valence-electron chi connectivity index (χ3n) is 4.81. The summed E-state index contributed by atoms with van der Waals surface area (Å²) in [5, 5.41) is 12.6. The number of hydrogen-bond donors (Lipinski definition) is 1. The average Bonchev–Trinajstić information content (AvgIpc) is 3.18. The Labute approximate surface area is 156 Å². The summed E-state index contributed by atoms with van der Waals surface area (Å²) in [5.41, 5.74) is 5.85. The number of benzene rings is 1. The van der Waals surface area contributed by atoms with Crippen molar-refractivity contribution in [2.75, 3.05) is 6.54 Å². The van der Waals surface area contributed by atoms with Gasteiger partial charge in [0.25, 0.3) is 5.91 Å². The van der Waals surface area contributed by atoms with E-state index in [-0.39, 0.29) is 5.91 Å². The lowest BCUT2D eigenvalue weighted by Crippen LogP contribution is -2.37. The lowest BCUT2D eigenvalue weighted by Gasteiger charge is -2.27. The Balaban J connectivity index is 1.56. The van der Waals surface area contributed by atoms with Crippen LogP contribution in [-0.2, 0) is 26.4 Å². The van der Waals surface area contributed by atoms with Crippen LogP contribution in [0.3, 0.4) is 0 Å². The normalized spacial score (nSPS) is 13.7. The molecule has 6 nitrogen and oxygen atoms in total. The van der Waals surface area contributed by atoms with Gasteiger partial charge in [0.15, 0.2) is 0 Å². The number of carbonyl (C=O) groups is 1. The highest BCUT2D eigenvalue weighted by molar-refractivity contribution is 6.30. The van der Waals surface area contributed by atoms with Crippen molar-refractivity contribution in [2.45, 2.75) is 26.3 Å². The summed E-state index contributed by atoms with van der Waals surface area (Å²) in [6.45, 7) is 3.14. The van der Waals surface area contributed by atoms with Crippen LogP contribution < -0.4 is 0 Å². The van der Waals surface area contributed by atoms with Gasteiger partial charge in [-0.05, 0) is 30.7 Å². The van der Waals surface area contributed by atoms with Gasteiger partial charge in [-0.3, -0.25) is 14.6 Å². The van der Waals surface area contributed by atoms with Crippen molar-refractivity contribution in [3.63, 3.8) is 0 Å². The SMILES string of the molecule is Cc1cc(C(=O)N2CCc3[nH]nc(Cc4ccc(Cl)cc4)c3C2)n(C)n1. The largest absolute Gasteiger partial charge is 0.332 e. The minimum Gasteiger partial charge on any atom is -0.332 e. The predicted molar refractivity (Wildman–Crippen MR) is 99.2 cm³/mol. The Morgan fingerprint density at radius 1 is 1.31 bits per heavy atom. The van der Waals surface area contributed by atoms with E-state index in [1.807, 2.05) is 42.2 Å². The highest BCUT2D eigenvalue weighted by atomic mass is 35.5. The van der Waals surface area contributed by atoms with Gasteiger partial charge in [0, 0.05) is 49.3 Å². The first-order valence-corrected chi connectivity index (χ1v) is 8.98. The fraction of sp³-hybridized carbons (Fsp3) is 0.316. The van der Waals surface area contributed by atoms with Crippen molar-refractivity contribution in [2.24, 2.45) is 7.05 Å². The van der Waals surface area contributed by atoms with Crippen LogP contribution in [0, 0.1) is 6.92 Å². The summed E-state index contributed by atoms with van der Waals surface area (Å²) in [6.07, 6.45) is 1.50. The van der Waals surface area contributed by atoms with E-state index in [9.17, 15) is 4.79 Å². The molecule has 0 saturated carbocycles. The highest BCUT2D eigenvalue weighted by Crippen LogP contribution is 2.24. The first kappa shape index (κ1) is 16.8. The van der Waals surface area contributed by atoms with E-state index in [0.29, 0.717) is 18.8 Å². The third-order valence-corrected chi connectivity index (χ3v) is 5.06. The summed E-state index contributed by atoms with van der Waals surface area (Å²) >= 11 is 5.96. The van der Waals surface area contributed by atoms with Gasteiger partial charge in [0.2, 0.25) is 0 Å². The Morgan fingerprint density at radius 3 is 2.77 bits per heavy atom. The van der Waals surface area contributed by atoms with Gasteiger partial charge < -0.3 is 4.90 Å². The molecule has 0 saturated heterocycles. The predicted octanol–water partition coefficient (Wildman–Crippen LogP) is 2.89. The van der Waals surface area contributed by atoms with Crippen molar-refractivity contribution in [1.29, 1.82) is 0 Å². The number of amides is 1. The Kier molecular flexibility index (Phi) is 4.28. The van der Waals surface area contributed by atoms with Crippen LogP contribution in [0.15, 0.2) is 30.3 Å². The van der Waals surface area contributed by atoms with Gasteiger partial charge in [0.05, 0.1) is 11.4 Å². The average molecular weight is 370 g/mol. The number of hydrogen-bond acceptors (Lipinski definition) is 3. The van der Waals surface area contributed by atoms with Gasteiger partial charge in [-0.1, -0.05) is 23.7 Å². The molecule has 1 aromatic carbocycles. The van der Waals surface area contributed by atoms with Crippen LogP contribution in [0.2, 0.25) is 5.02 Å². The van der Waals surface area contributed by atoms with Crippen molar-refractivity contribution in [1.82, 2.24) is 24.9 Å². The van der Waals surface area contributed by atoms with E-state index in [2.05, 4.69) is 15.3 Å². The summed E-state index contributed by atoms with van der Waals surface area (Å²) in [4.78, 5) is 14.8. The molecule has 0 atom stereocenters. The van der Waals surface area contributed by atoms with Crippen molar-refractivity contribution in [3.05, 3.63) is 69.3 Å². The zero-order valence-corrected chi connectivity index (χ0v) is 15.5. The van der Waals surface area contributed by atoms with E-state index in [1.165, 1.54) is 0 Å². The fourth-order valence-corrected chi connectivity index (χ4v) is 3.57. The number of rotatable bonds is 3. The summed E-state index contributed by atoms with van der Waals surface area (Å²) in [6, 6.07) is 9.62. The standard InChI is InChI=1S/C19H20ClN5O/c1-12-9-18(24(2)23-12)19(26)25-8-7-16-15(11-25)17(22-21-16)10-13-3-5-14(20)6-4-13/h3-6,9H,7-8,10-11H2,1-2H3,(H,21,22). The first-order valence-electron chi connectivity index (χ1n) is 8.60. The summed E-state index contributed by atoms with van der Waals surface area (Å²) in [5.74, 6) is 0.0115. The second-order valence-electron chi connectivity index (χ2n) is 6.70.